The van der Waals surface area contributed by atoms with Gasteiger partial charge in [-0.2, -0.15) is 0 Å². The number of benzene rings is 2. The van der Waals surface area contributed by atoms with Crippen molar-refractivity contribution in [3.05, 3.63) is 69.0 Å². The maximum atomic E-state index is 12.4. The molecule has 0 aromatic heterocycles. The normalized spacial score (nSPS) is 10.8. The average molecular weight is 378 g/mol. The monoisotopic (exact) mass is 378 g/mol. The molecule has 0 heterocycles. The minimum Gasteiger partial charge on any atom is -0.378 e. The van der Waals surface area contributed by atoms with Gasteiger partial charge in [-0.3, -0.25) is 9.59 Å². The third-order valence-corrected chi connectivity index (χ3v) is 5.04. The van der Waals surface area contributed by atoms with Crippen molar-refractivity contribution in [1.29, 1.82) is 0 Å². The Bertz CT molecular complexity index is 945. The molecule has 6 heteroatoms. The van der Waals surface area contributed by atoms with Gasteiger partial charge in [-0.25, -0.2) is 0 Å². The summed E-state index contributed by atoms with van der Waals surface area (Å²) >= 11 is 0. The van der Waals surface area contributed by atoms with E-state index in [-0.39, 0.29) is 0 Å². The molecule has 0 unspecified atom stereocenters. The number of rotatable bonds is 6. The van der Waals surface area contributed by atoms with Crippen molar-refractivity contribution in [3.8, 4) is 0 Å². The highest BCUT2D eigenvalue weighted by Crippen LogP contribution is 2.33. The van der Waals surface area contributed by atoms with Crippen molar-refractivity contribution in [1.82, 2.24) is 0 Å². The highest BCUT2D eigenvalue weighted by Gasteiger charge is 2.28. The van der Waals surface area contributed by atoms with Gasteiger partial charge in [0.1, 0.15) is 11.4 Å². The Kier molecular flexibility index (Phi) is 5.14. The van der Waals surface area contributed by atoms with Crippen molar-refractivity contribution in [2.75, 3.05) is 61.9 Å². The van der Waals surface area contributed by atoms with E-state index in [4.69, 9.17) is 0 Å². The fourth-order valence-electron chi connectivity index (χ4n) is 3.20. The molecule has 28 heavy (non-hydrogen) atoms. The topological polar surface area (TPSA) is 47.1 Å². The van der Waals surface area contributed by atoms with Crippen molar-refractivity contribution >= 4 is 34.1 Å². The highest BCUT2D eigenvalue weighted by molar-refractivity contribution is 5.85. The summed E-state index contributed by atoms with van der Waals surface area (Å²) in [6.45, 7) is 0. The van der Waals surface area contributed by atoms with Gasteiger partial charge in [0.2, 0.25) is 0 Å². The second-order valence-corrected chi connectivity index (χ2v) is 7.30. The van der Waals surface area contributed by atoms with Crippen LogP contribution in [0.5, 0.6) is 0 Å². The minimum atomic E-state index is -0.453. The van der Waals surface area contributed by atoms with Crippen LogP contribution in [-0.4, -0.2) is 42.3 Å². The van der Waals surface area contributed by atoms with E-state index in [2.05, 4.69) is 0 Å². The maximum Gasteiger partial charge on any atom is 0.253 e. The first-order valence-corrected chi connectivity index (χ1v) is 9.08. The van der Waals surface area contributed by atoms with E-state index in [0.717, 1.165) is 22.7 Å². The molecule has 0 aliphatic rings. The Morgan fingerprint density at radius 1 is 0.464 bits per heavy atom. The summed E-state index contributed by atoms with van der Waals surface area (Å²) in [5.41, 5.74) is 3.78. The Labute approximate surface area is 165 Å². The largest absolute Gasteiger partial charge is 0.378 e. The van der Waals surface area contributed by atoms with Crippen LogP contribution >= 0.6 is 0 Å². The molecule has 0 N–H and O–H groups in total. The summed E-state index contributed by atoms with van der Waals surface area (Å²) in [6.07, 6.45) is 0. The summed E-state index contributed by atoms with van der Waals surface area (Å²) < 4.78 is 0. The second kappa shape index (κ2) is 7.38. The molecule has 0 aliphatic heterocycles. The minimum absolute atomic E-state index is 0.418. The molecule has 3 rings (SSSR count). The van der Waals surface area contributed by atoms with Crippen LogP contribution in [0.4, 0.5) is 34.1 Å². The standard InChI is InChI=1S/C22H26N4O2/c1-23(2)15-7-11-17(12-8-15)25(5)19-20(22(28)21(19)27)26(6)18-13-9-16(10-14-18)24(3)4/h7-14H,1-6H3. The zero-order chi connectivity index (χ0) is 20.6. The molecule has 6 nitrogen and oxygen atoms in total. The number of nitrogens with zero attached hydrogens (tertiary/aromatic N) is 4. The van der Waals surface area contributed by atoms with E-state index in [1.165, 1.54) is 0 Å². The predicted octanol–water partition coefficient (Wildman–Crippen LogP) is 2.95. The number of hydrogen-bond acceptors (Lipinski definition) is 6. The van der Waals surface area contributed by atoms with Gasteiger partial charge in [0.15, 0.2) is 0 Å². The Morgan fingerprint density at radius 3 is 0.964 bits per heavy atom. The van der Waals surface area contributed by atoms with Crippen molar-refractivity contribution < 1.29 is 0 Å². The molecule has 0 bridgehead atoms. The lowest BCUT2D eigenvalue weighted by atomic mass is 10.1. The van der Waals surface area contributed by atoms with Crippen LogP contribution in [0.25, 0.3) is 0 Å². The van der Waals surface area contributed by atoms with E-state index in [0.29, 0.717) is 11.4 Å². The van der Waals surface area contributed by atoms with Gasteiger partial charge < -0.3 is 19.6 Å². The van der Waals surface area contributed by atoms with Crippen LogP contribution in [0.2, 0.25) is 0 Å². The fraction of sp³-hybridized carbons (Fsp3) is 0.273. The Morgan fingerprint density at radius 2 is 0.714 bits per heavy atom. The van der Waals surface area contributed by atoms with Crippen LogP contribution in [0.1, 0.15) is 0 Å². The summed E-state index contributed by atoms with van der Waals surface area (Å²) in [5.74, 6) is 0. The van der Waals surface area contributed by atoms with Gasteiger partial charge in [0.05, 0.1) is 0 Å². The molecule has 0 radical (unpaired) electrons. The molecule has 3 aromatic rings. The second-order valence-electron chi connectivity index (χ2n) is 7.30. The molecule has 0 amide bonds. The smallest absolute Gasteiger partial charge is 0.253 e. The zero-order valence-electron chi connectivity index (χ0n) is 17.2. The van der Waals surface area contributed by atoms with E-state index in [9.17, 15) is 9.59 Å². The highest BCUT2D eigenvalue weighted by atomic mass is 16.2. The summed E-state index contributed by atoms with van der Waals surface area (Å²) in [5, 5.41) is 0. The molecule has 0 atom stereocenters. The summed E-state index contributed by atoms with van der Waals surface area (Å²) in [6, 6.07) is 15.7. The van der Waals surface area contributed by atoms with Gasteiger partial charge in [0.25, 0.3) is 10.9 Å². The molecule has 146 valence electrons. The molecule has 0 fully saturated rings. The predicted molar refractivity (Wildman–Crippen MR) is 119 cm³/mol. The lowest BCUT2D eigenvalue weighted by Crippen LogP contribution is -2.41. The number of hydrogen-bond donors (Lipinski definition) is 0. The van der Waals surface area contributed by atoms with Gasteiger partial charge in [-0.05, 0) is 48.5 Å². The summed E-state index contributed by atoms with van der Waals surface area (Å²) in [4.78, 5) is 32.3. The molecular weight excluding hydrogens is 352 g/mol. The van der Waals surface area contributed by atoms with Crippen LogP contribution < -0.4 is 30.5 Å². The van der Waals surface area contributed by atoms with Crippen LogP contribution in [0.15, 0.2) is 58.1 Å². The molecule has 3 aromatic carbocycles. The maximum absolute atomic E-state index is 12.4. The zero-order valence-corrected chi connectivity index (χ0v) is 17.2. The lowest BCUT2D eigenvalue weighted by molar-refractivity contribution is 1.09. The van der Waals surface area contributed by atoms with Crippen molar-refractivity contribution in [2.45, 2.75) is 0 Å². The average Bonchev–Trinajstić information content (AvgIpc) is 2.70. The van der Waals surface area contributed by atoms with E-state index in [1.807, 2.05) is 101 Å². The molecule has 0 spiro atoms. The van der Waals surface area contributed by atoms with Gasteiger partial charge in [-0.1, -0.05) is 0 Å². The van der Waals surface area contributed by atoms with Crippen LogP contribution in [0.3, 0.4) is 0 Å². The Balaban J connectivity index is 1.93. The SMILES string of the molecule is CN(C)c1ccc(N(C)c2c(N(C)c3ccc(N(C)C)cc3)c(=O)c2=O)cc1. The van der Waals surface area contributed by atoms with E-state index >= 15 is 0 Å². The first-order valence-electron chi connectivity index (χ1n) is 9.08. The molecule has 0 saturated heterocycles. The van der Waals surface area contributed by atoms with Gasteiger partial charge in [0, 0.05) is 65.0 Å². The van der Waals surface area contributed by atoms with E-state index in [1.54, 1.807) is 9.80 Å². The van der Waals surface area contributed by atoms with Crippen LogP contribution in [-0.2, 0) is 0 Å². The van der Waals surface area contributed by atoms with Crippen molar-refractivity contribution in [2.24, 2.45) is 0 Å². The number of anilines is 6. The van der Waals surface area contributed by atoms with Gasteiger partial charge >= 0.3 is 0 Å². The van der Waals surface area contributed by atoms with Gasteiger partial charge in [-0.15, -0.1) is 0 Å². The Hall–Kier alpha value is -3.28. The van der Waals surface area contributed by atoms with Crippen LogP contribution in [0, 0.1) is 0 Å². The first kappa shape index (κ1) is 19.5. The quantitative estimate of drug-likeness (QED) is 0.615. The molecule has 0 aliphatic carbocycles. The summed E-state index contributed by atoms with van der Waals surface area (Å²) in [7, 11) is 11.5. The molecule has 0 saturated carbocycles. The van der Waals surface area contributed by atoms with E-state index < -0.39 is 10.9 Å². The lowest BCUT2D eigenvalue weighted by Gasteiger charge is -2.29. The third kappa shape index (κ3) is 3.33. The van der Waals surface area contributed by atoms with Crippen molar-refractivity contribution in [3.63, 3.8) is 0 Å². The third-order valence-electron chi connectivity index (χ3n) is 5.04. The first-order chi connectivity index (χ1) is 13.2. The fourth-order valence-corrected chi connectivity index (χ4v) is 3.20. The molecular formula is C22H26N4O2.